The van der Waals surface area contributed by atoms with Crippen molar-refractivity contribution in [3.05, 3.63) is 41.3 Å². The maximum Gasteiger partial charge on any atom is 0.223 e. The summed E-state index contributed by atoms with van der Waals surface area (Å²) in [5.74, 6) is -1.16. The first-order valence-corrected chi connectivity index (χ1v) is 5.01. The van der Waals surface area contributed by atoms with Gasteiger partial charge in [0.2, 0.25) is 5.28 Å². The zero-order valence-corrected chi connectivity index (χ0v) is 9.50. The van der Waals surface area contributed by atoms with Gasteiger partial charge in [-0.15, -0.1) is 0 Å². The van der Waals surface area contributed by atoms with Gasteiger partial charge in [-0.3, -0.25) is 0 Å². The maximum atomic E-state index is 13.5. The fraction of sp³-hybridized carbons (Fsp3) is 0.0909. The minimum atomic E-state index is -0.636. The third-order valence-corrected chi connectivity index (χ3v) is 2.32. The minimum Gasteiger partial charge on any atom is -0.494 e. The Kier molecular flexibility index (Phi) is 3.19. The first kappa shape index (κ1) is 11.7. The minimum absolute atomic E-state index is 0.00306. The fourth-order valence-corrected chi connectivity index (χ4v) is 1.49. The van der Waals surface area contributed by atoms with Crippen LogP contribution >= 0.6 is 11.6 Å². The first-order chi connectivity index (χ1) is 8.11. The molecule has 1 aromatic carbocycles. The lowest BCUT2D eigenvalue weighted by atomic mass is 10.1. The topological polar surface area (TPSA) is 35.0 Å². The van der Waals surface area contributed by atoms with Crippen molar-refractivity contribution in [2.75, 3.05) is 7.11 Å². The summed E-state index contributed by atoms with van der Waals surface area (Å²) in [6.07, 6.45) is 0.959. The Hall–Kier alpha value is -1.75. The molecular weight excluding hydrogens is 250 g/mol. The molecule has 17 heavy (non-hydrogen) atoms. The molecule has 0 bridgehead atoms. The van der Waals surface area contributed by atoms with Gasteiger partial charge in [0.05, 0.1) is 13.3 Å². The quantitative estimate of drug-likeness (QED) is 0.775. The van der Waals surface area contributed by atoms with Crippen molar-refractivity contribution in [2.24, 2.45) is 0 Å². The summed E-state index contributed by atoms with van der Waals surface area (Å²) in [5.41, 5.74) is 0.369. The van der Waals surface area contributed by atoms with Gasteiger partial charge in [0.25, 0.3) is 0 Å². The number of nitrogens with zero attached hydrogens (tertiary/aromatic N) is 2. The Balaban J connectivity index is 2.56. The SMILES string of the molecule is COc1cc(-c2nc(Cl)ncc2F)ccc1F. The predicted octanol–water partition coefficient (Wildman–Crippen LogP) is 3.08. The third-order valence-electron chi connectivity index (χ3n) is 2.14. The zero-order chi connectivity index (χ0) is 12.4. The van der Waals surface area contributed by atoms with Crippen molar-refractivity contribution >= 4 is 11.6 Å². The molecule has 0 N–H and O–H groups in total. The van der Waals surface area contributed by atoms with Crippen LogP contribution in [0.5, 0.6) is 5.75 Å². The lowest BCUT2D eigenvalue weighted by Gasteiger charge is -2.06. The van der Waals surface area contributed by atoms with E-state index >= 15 is 0 Å². The predicted molar refractivity (Wildman–Crippen MR) is 58.9 cm³/mol. The monoisotopic (exact) mass is 256 g/mol. The molecule has 0 aliphatic rings. The molecule has 0 unspecified atom stereocenters. The van der Waals surface area contributed by atoms with Gasteiger partial charge in [0.15, 0.2) is 17.4 Å². The standard InChI is InChI=1S/C11H7ClF2N2O/c1-17-9-4-6(2-3-7(9)13)10-8(14)5-15-11(12)16-10/h2-5H,1H3. The largest absolute Gasteiger partial charge is 0.494 e. The van der Waals surface area contributed by atoms with Gasteiger partial charge in [0, 0.05) is 5.56 Å². The molecule has 1 aromatic heterocycles. The first-order valence-electron chi connectivity index (χ1n) is 4.64. The molecule has 0 radical (unpaired) electrons. The summed E-state index contributed by atoms with van der Waals surface area (Å²) in [4.78, 5) is 7.25. The van der Waals surface area contributed by atoms with Crippen LogP contribution in [0.25, 0.3) is 11.3 Å². The van der Waals surface area contributed by atoms with E-state index in [2.05, 4.69) is 9.97 Å². The summed E-state index contributed by atoms with van der Waals surface area (Å²) in [6.45, 7) is 0. The van der Waals surface area contributed by atoms with Gasteiger partial charge in [-0.2, -0.15) is 0 Å². The molecule has 3 nitrogen and oxygen atoms in total. The Morgan fingerprint density at radius 3 is 2.71 bits per heavy atom. The second-order valence-corrected chi connectivity index (χ2v) is 3.52. The van der Waals surface area contributed by atoms with Crippen LogP contribution in [0.1, 0.15) is 0 Å². The highest BCUT2D eigenvalue weighted by Gasteiger charge is 2.11. The van der Waals surface area contributed by atoms with Crippen LogP contribution in [0.2, 0.25) is 5.28 Å². The third kappa shape index (κ3) is 2.34. The van der Waals surface area contributed by atoms with Crippen LogP contribution in [0, 0.1) is 11.6 Å². The highest BCUT2D eigenvalue weighted by molar-refractivity contribution is 6.28. The molecule has 0 atom stereocenters. The number of ether oxygens (including phenoxy) is 1. The summed E-state index contributed by atoms with van der Waals surface area (Å²) in [6, 6.07) is 3.90. The summed E-state index contributed by atoms with van der Waals surface area (Å²) in [5, 5.41) is -0.0790. The number of aromatic nitrogens is 2. The maximum absolute atomic E-state index is 13.5. The Morgan fingerprint density at radius 2 is 2.00 bits per heavy atom. The van der Waals surface area contributed by atoms with E-state index in [4.69, 9.17) is 16.3 Å². The molecule has 88 valence electrons. The van der Waals surface area contributed by atoms with Crippen LogP contribution in [-0.4, -0.2) is 17.1 Å². The molecular formula is C11H7ClF2N2O. The summed E-state index contributed by atoms with van der Waals surface area (Å²) < 4.78 is 31.5. The van der Waals surface area contributed by atoms with Crippen LogP contribution in [0.4, 0.5) is 8.78 Å². The van der Waals surface area contributed by atoms with Crippen LogP contribution < -0.4 is 4.74 Å². The molecule has 0 fully saturated rings. The van der Waals surface area contributed by atoms with Gasteiger partial charge in [0.1, 0.15) is 5.69 Å². The number of halogens is 3. The van der Waals surface area contributed by atoms with Gasteiger partial charge < -0.3 is 4.74 Å². The molecule has 0 amide bonds. The number of hydrogen-bond acceptors (Lipinski definition) is 3. The van der Waals surface area contributed by atoms with E-state index in [0.717, 1.165) is 6.20 Å². The summed E-state index contributed by atoms with van der Waals surface area (Å²) in [7, 11) is 1.32. The Labute approximate surface area is 101 Å². The second-order valence-electron chi connectivity index (χ2n) is 3.18. The molecule has 0 aliphatic heterocycles. The molecule has 0 saturated carbocycles. The van der Waals surface area contributed by atoms with E-state index in [1.807, 2.05) is 0 Å². The average Bonchev–Trinajstić information content (AvgIpc) is 2.33. The molecule has 2 rings (SSSR count). The summed E-state index contributed by atoms with van der Waals surface area (Å²) >= 11 is 5.58. The van der Waals surface area contributed by atoms with Crippen molar-refractivity contribution in [2.45, 2.75) is 0 Å². The van der Waals surface area contributed by atoms with E-state index in [1.54, 1.807) is 0 Å². The molecule has 6 heteroatoms. The Morgan fingerprint density at radius 1 is 1.24 bits per heavy atom. The van der Waals surface area contributed by atoms with Crippen LogP contribution in [0.15, 0.2) is 24.4 Å². The van der Waals surface area contributed by atoms with E-state index < -0.39 is 11.6 Å². The van der Waals surface area contributed by atoms with Gasteiger partial charge in [-0.25, -0.2) is 18.7 Å². The number of hydrogen-bond donors (Lipinski definition) is 0. The van der Waals surface area contributed by atoms with Gasteiger partial charge in [-0.05, 0) is 29.8 Å². The smallest absolute Gasteiger partial charge is 0.223 e. The second kappa shape index (κ2) is 4.63. The highest BCUT2D eigenvalue weighted by Crippen LogP contribution is 2.27. The van der Waals surface area contributed by atoms with E-state index in [-0.39, 0.29) is 16.7 Å². The van der Waals surface area contributed by atoms with Gasteiger partial charge >= 0.3 is 0 Å². The van der Waals surface area contributed by atoms with Crippen LogP contribution in [0.3, 0.4) is 0 Å². The number of methoxy groups -OCH3 is 1. The lowest BCUT2D eigenvalue weighted by Crippen LogP contribution is -1.94. The van der Waals surface area contributed by atoms with Crippen molar-refractivity contribution in [1.82, 2.24) is 9.97 Å². The van der Waals surface area contributed by atoms with Gasteiger partial charge in [-0.1, -0.05) is 0 Å². The number of rotatable bonds is 2. The van der Waals surface area contributed by atoms with E-state index in [1.165, 1.54) is 25.3 Å². The highest BCUT2D eigenvalue weighted by atomic mass is 35.5. The molecule has 0 spiro atoms. The van der Waals surface area contributed by atoms with Crippen molar-refractivity contribution in [3.63, 3.8) is 0 Å². The van der Waals surface area contributed by atoms with Crippen molar-refractivity contribution < 1.29 is 13.5 Å². The zero-order valence-electron chi connectivity index (χ0n) is 8.75. The van der Waals surface area contributed by atoms with E-state index in [9.17, 15) is 8.78 Å². The molecule has 2 aromatic rings. The average molecular weight is 257 g/mol. The van der Waals surface area contributed by atoms with Crippen molar-refractivity contribution in [1.29, 1.82) is 0 Å². The molecule has 1 heterocycles. The van der Waals surface area contributed by atoms with E-state index in [0.29, 0.717) is 5.56 Å². The Bertz CT molecular complexity index is 563. The lowest BCUT2D eigenvalue weighted by molar-refractivity contribution is 0.386. The van der Waals surface area contributed by atoms with Crippen molar-refractivity contribution in [3.8, 4) is 17.0 Å². The normalized spacial score (nSPS) is 10.4. The fourth-order valence-electron chi connectivity index (χ4n) is 1.36. The molecule has 0 aliphatic carbocycles. The number of benzene rings is 1. The molecule has 0 saturated heterocycles. The van der Waals surface area contributed by atoms with Crippen LogP contribution in [-0.2, 0) is 0 Å².